The van der Waals surface area contributed by atoms with Crippen LogP contribution in [0.25, 0.3) is 0 Å². The second-order valence-electron chi connectivity index (χ2n) is 15.3. The largest absolute Gasteiger partial charge is 0.338 e. The van der Waals surface area contributed by atoms with Crippen molar-refractivity contribution in [2.75, 3.05) is 6.54 Å². The number of urea groups is 2. The summed E-state index contributed by atoms with van der Waals surface area (Å²) in [6, 6.07) is 1.18. The lowest BCUT2D eigenvalue weighted by molar-refractivity contribution is 0.196. The molecule has 3 fully saturated rings. The average Bonchev–Trinajstić information content (AvgIpc) is 3.05. The molecule has 3 saturated carbocycles. The van der Waals surface area contributed by atoms with Crippen LogP contribution in [0, 0.1) is 11.8 Å². The molecule has 0 atom stereocenters. The summed E-state index contributed by atoms with van der Waals surface area (Å²) in [7, 11) is 0. The fraction of sp³-hybridized carbons (Fsp3) is 0.949. The topological polar surface area (TPSA) is 82.3 Å². The summed E-state index contributed by atoms with van der Waals surface area (Å²) < 4.78 is 0. The van der Waals surface area contributed by atoms with Gasteiger partial charge in [0.2, 0.25) is 0 Å². The lowest BCUT2D eigenvalue weighted by Crippen LogP contribution is -2.47. The molecule has 3 rings (SSSR count). The molecule has 0 aromatic rings. The first-order chi connectivity index (χ1) is 22.1. The van der Waals surface area contributed by atoms with E-state index in [0.717, 1.165) is 63.3 Å². The van der Waals surface area contributed by atoms with Crippen LogP contribution < -0.4 is 21.3 Å². The average molecular weight is 631 g/mol. The van der Waals surface area contributed by atoms with Gasteiger partial charge in [-0.15, -0.1) is 0 Å². The van der Waals surface area contributed by atoms with Gasteiger partial charge in [-0.2, -0.15) is 0 Å². The van der Waals surface area contributed by atoms with E-state index in [9.17, 15) is 9.59 Å². The van der Waals surface area contributed by atoms with Crippen LogP contribution in [0.1, 0.15) is 200 Å². The molecule has 0 radical (unpaired) electrons. The van der Waals surface area contributed by atoms with Crippen molar-refractivity contribution in [1.82, 2.24) is 21.3 Å². The lowest BCUT2D eigenvalue weighted by atomic mass is 9.75. The molecule has 0 bridgehead atoms. The minimum absolute atomic E-state index is 0.0396. The summed E-state index contributed by atoms with van der Waals surface area (Å²) >= 11 is 0. The van der Waals surface area contributed by atoms with Crippen molar-refractivity contribution in [2.45, 2.75) is 218 Å². The maximum Gasteiger partial charge on any atom is 0.315 e. The number of unbranched alkanes of at least 4 members (excludes halogenated alkanes) is 15. The van der Waals surface area contributed by atoms with Gasteiger partial charge in [-0.3, -0.25) is 0 Å². The van der Waals surface area contributed by atoms with Gasteiger partial charge in [0.25, 0.3) is 0 Å². The Labute approximate surface area is 278 Å². The van der Waals surface area contributed by atoms with Crippen LogP contribution in [0.4, 0.5) is 9.59 Å². The van der Waals surface area contributed by atoms with Gasteiger partial charge in [0.05, 0.1) is 0 Å². The van der Waals surface area contributed by atoms with E-state index in [2.05, 4.69) is 28.2 Å². The Balaban J connectivity index is 1.07. The SMILES string of the molecule is CCCCCCCCCCCCCCCCCCNC(=O)NC1CCC(CC2CCC(NC(=O)NC3CCCCC3)CC2)CC1. The second-order valence-corrected chi connectivity index (χ2v) is 15.3. The third-order valence-electron chi connectivity index (χ3n) is 11.3. The summed E-state index contributed by atoms with van der Waals surface area (Å²) in [5, 5.41) is 12.8. The fourth-order valence-corrected chi connectivity index (χ4v) is 8.33. The summed E-state index contributed by atoms with van der Waals surface area (Å²) in [6.07, 6.45) is 38.9. The molecule has 4 amide bonds. The highest BCUT2D eigenvalue weighted by Crippen LogP contribution is 2.35. The van der Waals surface area contributed by atoms with Crippen LogP contribution in [-0.2, 0) is 0 Å². The number of nitrogens with one attached hydrogen (secondary N) is 4. The summed E-state index contributed by atoms with van der Waals surface area (Å²) in [4.78, 5) is 24.9. The van der Waals surface area contributed by atoms with Crippen LogP contribution in [0.5, 0.6) is 0 Å². The number of hydrogen-bond acceptors (Lipinski definition) is 2. The molecule has 6 nitrogen and oxygen atoms in total. The van der Waals surface area contributed by atoms with E-state index in [1.54, 1.807) is 0 Å². The molecule has 3 aliphatic carbocycles. The number of rotatable bonds is 22. The normalized spacial score (nSPS) is 24.2. The molecule has 262 valence electrons. The molecule has 0 aromatic carbocycles. The maximum absolute atomic E-state index is 12.4. The third-order valence-corrected chi connectivity index (χ3v) is 11.3. The molecule has 0 unspecified atom stereocenters. The number of hydrogen-bond donors (Lipinski definition) is 4. The maximum atomic E-state index is 12.4. The molecule has 4 N–H and O–H groups in total. The number of amides is 4. The van der Waals surface area contributed by atoms with E-state index in [1.165, 1.54) is 148 Å². The van der Waals surface area contributed by atoms with Crippen molar-refractivity contribution in [3.05, 3.63) is 0 Å². The lowest BCUT2D eigenvalue weighted by Gasteiger charge is -2.34. The van der Waals surface area contributed by atoms with Crippen LogP contribution in [0.3, 0.4) is 0 Å². The van der Waals surface area contributed by atoms with Crippen molar-refractivity contribution in [2.24, 2.45) is 11.8 Å². The van der Waals surface area contributed by atoms with Gasteiger partial charge in [-0.1, -0.05) is 122 Å². The van der Waals surface area contributed by atoms with Crippen LogP contribution in [0.2, 0.25) is 0 Å². The van der Waals surface area contributed by atoms with Crippen molar-refractivity contribution in [3.63, 3.8) is 0 Å². The highest BCUT2D eigenvalue weighted by Gasteiger charge is 2.28. The number of carbonyl (C=O) groups excluding carboxylic acids is 2. The molecule has 6 heteroatoms. The third kappa shape index (κ3) is 18.5. The van der Waals surface area contributed by atoms with E-state index in [0.29, 0.717) is 18.1 Å². The van der Waals surface area contributed by atoms with E-state index < -0.39 is 0 Å². The van der Waals surface area contributed by atoms with Crippen molar-refractivity contribution < 1.29 is 9.59 Å². The van der Waals surface area contributed by atoms with Gasteiger partial charge in [0.1, 0.15) is 0 Å². The second kappa shape index (κ2) is 24.7. The Morgan fingerprint density at radius 1 is 0.444 bits per heavy atom. The van der Waals surface area contributed by atoms with Gasteiger partial charge in [-0.05, 0) is 88.9 Å². The van der Waals surface area contributed by atoms with E-state index in [-0.39, 0.29) is 12.1 Å². The molecule has 3 aliphatic rings. The molecule has 0 spiro atoms. The van der Waals surface area contributed by atoms with Crippen LogP contribution >= 0.6 is 0 Å². The predicted molar refractivity (Wildman–Crippen MR) is 191 cm³/mol. The number of carbonyl (C=O) groups is 2. The minimum atomic E-state index is 0.0396. The highest BCUT2D eigenvalue weighted by molar-refractivity contribution is 5.74. The van der Waals surface area contributed by atoms with Gasteiger partial charge >= 0.3 is 12.1 Å². The molecular weight excluding hydrogens is 556 g/mol. The Morgan fingerprint density at radius 2 is 0.822 bits per heavy atom. The smallest absolute Gasteiger partial charge is 0.315 e. The Bertz CT molecular complexity index is 739. The molecule has 0 saturated heterocycles. The predicted octanol–water partition coefficient (Wildman–Crippen LogP) is 10.7. The van der Waals surface area contributed by atoms with E-state index in [4.69, 9.17) is 0 Å². The van der Waals surface area contributed by atoms with Crippen molar-refractivity contribution in [1.29, 1.82) is 0 Å². The molecule has 45 heavy (non-hydrogen) atoms. The Hall–Kier alpha value is -1.46. The zero-order valence-electron chi connectivity index (χ0n) is 29.6. The Morgan fingerprint density at radius 3 is 1.27 bits per heavy atom. The molecular formula is C39H74N4O2. The fourth-order valence-electron chi connectivity index (χ4n) is 8.33. The zero-order valence-corrected chi connectivity index (χ0v) is 29.6. The van der Waals surface area contributed by atoms with Gasteiger partial charge in [0.15, 0.2) is 0 Å². The zero-order chi connectivity index (χ0) is 31.8. The van der Waals surface area contributed by atoms with Crippen LogP contribution in [0.15, 0.2) is 0 Å². The van der Waals surface area contributed by atoms with Gasteiger partial charge in [-0.25, -0.2) is 9.59 Å². The monoisotopic (exact) mass is 631 g/mol. The first-order valence-corrected chi connectivity index (χ1v) is 20.2. The highest BCUT2D eigenvalue weighted by atomic mass is 16.2. The first-order valence-electron chi connectivity index (χ1n) is 20.2. The standard InChI is InChI=1S/C39H74N4O2/c1-2-3-4-5-6-7-8-9-10-11-12-13-14-15-16-20-31-40-38(44)41-36-27-23-33(24-28-36)32-34-25-29-37(30-26-34)43-39(45)42-35-21-18-17-19-22-35/h33-37H,2-32H2,1H3,(H2,40,41,44)(H2,42,43,45). The molecule has 0 aliphatic heterocycles. The quantitative estimate of drug-likeness (QED) is 0.0898. The van der Waals surface area contributed by atoms with Gasteiger partial charge in [0, 0.05) is 24.7 Å². The van der Waals surface area contributed by atoms with Crippen LogP contribution in [-0.4, -0.2) is 36.7 Å². The summed E-state index contributed by atoms with van der Waals surface area (Å²) in [6.45, 7) is 3.10. The van der Waals surface area contributed by atoms with Gasteiger partial charge < -0.3 is 21.3 Å². The van der Waals surface area contributed by atoms with E-state index >= 15 is 0 Å². The summed E-state index contributed by atoms with van der Waals surface area (Å²) in [5.74, 6) is 1.61. The first kappa shape index (κ1) is 38.0. The van der Waals surface area contributed by atoms with Crippen molar-refractivity contribution in [3.8, 4) is 0 Å². The minimum Gasteiger partial charge on any atom is -0.338 e. The van der Waals surface area contributed by atoms with Crippen molar-refractivity contribution >= 4 is 12.1 Å². The Kier molecular flexibility index (Phi) is 20.8. The van der Waals surface area contributed by atoms with E-state index in [1.807, 2.05) is 0 Å². The molecule has 0 heterocycles. The molecule has 0 aromatic heterocycles. The summed E-state index contributed by atoms with van der Waals surface area (Å²) in [5.41, 5.74) is 0.